The summed E-state index contributed by atoms with van der Waals surface area (Å²) in [5.74, 6) is -1.02. The van der Waals surface area contributed by atoms with E-state index in [2.05, 4.69) is 20.1 Å². The second kappa shape index (κ2) is 8.51. The first kappa shape index (κ1) is 17.4. The fraction of sp³-hybridized carbons (Fsp3) is 0.600. The summed E-state index contributed by atoms with van der Waals surface area (Å²) < 4.78 is 10.7. The van der Waals surface area contributed by atoms with Crippen molar-refractivity contribution >= 4 is 11.9 Å². The molecule has 2 atom stereocenters. The lowest BCUT2D eigenvalue weighted by Gasteiger charge is -2.36. The minimum absolute atomic E-state index is 0.501. The first-order valence-electron chi connectivity index (χ1n) is 6.64. The van der Waals surface area contributed by atoms with E-state index < -0.39 is 23.6 Å². The van der Waals surface area contributed by atoms with Crippen molar-refractivity contribution in [2.24, 2.45) is 0 Å². The van der Waals surface area contributed by atoms with Gasteiger partial charge in [0.05, 0.1) is 0 Å². The van der Waals surface area contributed by atoms with Crippen LogP contribution in [0.4, 0.5) is 0 Å². The molecule has 0 heterocycles. The van der Waals surface area contributed by atoms with Crippen molar-refractivity contribution in [2.45, 2.75) is 58.2 Å². The standard InChI is InChI=1S/C15H24O4/c1-6-10-11-15(9-4,19-14(17)8-3)12(5)18-13(16)7-2/h7-8,12H,2-3,6,9-11H2,1,4-5H3. The van der Waals surface area contributed by atoms with E-state index in [0.29, 0.717) is 12.8 Å². The van der Waals surface area contributed by atoms with E-state index in [4.69, 9.17) is 9.47 Å². The van der Waals surface area contributed by atoms with Crippen LogP contribution in [0.1, 0.15) is 46.5 Å². The molecule has 0 aliphatic carbocycles. The molecule has 0 aromatic heterocycles. The highest BCUT2D eigenvalue weighted by molar-refractivity contribution is 5.82. The van der Waals surface area contributed by atoms with Crippen molar-refractivity contribution in [1.82, 2.24) is 0 Å². The highest BCUT2D eigenvalue weighted by atomic mass is 16.6. The molecule has 108 valence electrons. The van der Waals surface area contributed by atoms with E-state index in [1.54, 1.807) is 6.92 Å². The Morgan fingerprint density at radius 1 is 1.21 bits per heavy atom. The van der Waals surface area contributed by atoms with Crippen LogP contribution in [0.15, 0.2) is 25.3 Å². The normalized spacial score (nSPS) is 14.9. The molecule has 19 heavy (non-hydrogen) atoms. The van der Waals surface area contributed by atoms with Crippen LogP contribution in [0.3, 0.4) is 0 Å². The van der Waals surface area contributed by atoms with Crippen LogP contribution in [0, 0.1) is 0 Å². The SMILES string of the molecule is C=CC(=O)OC(C)C(CC)(CCCC)OC(=O)C=C. The van der Waals surface area contributed by atoms with Gasteiger partial charge in [-0.3, -0.25) is 0 Å². The Kier molecular flexibility index (Phi) is 7.80. The van der Waals surface area contributed by atoms with E-state index in [-0.39, 0.29) is 0 Å². The molecule has 0 aromatic rings. The average Bonchev–Trinajstić information content (AvgIpc) is 2.42. The lowest BCUT2D eigenvalue weighted by atomic mass is 9.88. The van der Waals surface area contributed by atoms with Crippen LogP contribution in [-0.4, -0.2) is 23.6 Å². The predicted molar refractivity (Wildman–Crippen MR) is 74.6 cm³/mol. The number of rotatable bonds is 9. The Balaban J connectivity index is 5.06. The highest BCUT2D eigenvalue weighted by Gasteiger charge is 2.39. The second-order valence-corrected chi connectivity index (χ2v) is 4.43. The Labute approximate surface area is 115 Å². The third-order valence-electron chi connectivity index (χ3n) is 3.22. The average molecular weight is 268 g/mol. The zero-order chi connectivity index (χ0) is 14.9. The van der Waals surface area contributed by atoms with Crippen molar-refractivity contribution < 1.29 is 19.1 Å². The molecule has 0 N–H and O–H groups in total. The summed E-state index contributed by atoms with van der Waals surface area (Å²) in [4.78, 5) is 22.8. The van der Waals surface area contributed by atoms with Gasteiger partial charge >= 0.3 is 11.9 Å². The molecule has 0 aliphatic rings. The second-order valence-electron chi connectivity index (χ2n) is 4.43. The fourth-order valence-corrected chi connectivity index (χ4v) is 1.92. The van der Waals surface area contributed by atoms with Gasteiger partial charge < -0.3 is 9.47 Å². The summed E-state index contributed by atoms with van der Waals surface area (Å²) >= 11 is 0. The van der Waals surface area contributed by atoms with Crippen LogP contribution in [-0.2, 0) is 19.1 Å². The van der Waals surface area contributed by atoms with Gasteiger partial charge in [-0.2, -0.15) is 0 Å². The number of carbonyl (C=O) groups excluding carboxylic acids is 2. The zero-order valence-corrected chi connectivity index (χ0v) is 12.1. The van der Waals surface area contributed by atoms with Crippen molar-refractivity contribution in [3.05, 3.63) is 25.3 Å². The van der Waals surface area contributed by atoms with Crippen molar-refractivity contribution in [3.63, 3.8) is 0 Å². The van der Waals surface area contributed by atoms with E-state index >= 15 is 0 Å². The number of carbonyl (C=O) groups is 2. The van der Waals surface area contributed by atoms with Gasteiger partial charge in [0, 0.05) is 12.2 Å². The third kappa shape index (κ3) is 5.28. The first-order valence-corrected chi connectivity index (χ1v) is 6.64. The maximum atomic E-state index is 11.5. The number of hydrogen-bond donors (Lipinski definition) is 0. The molecular weight excluding hydrogens is 244 g/mol. The van der Waals surface area contributed by atoms with Crippen LogP contribution in [0.25, 0.3) is 0 Å². The Morgan fingerprint density at radius 3 is 2.21 bits per heavy atom. The summed E-state index contributed by atoms with van der Waals surface area (Å²) in [5.41, 5.74) is -0.806. The minimum atomic E-state index is -0.806. The molecule has 0 aliphatic heterocycles. The van der Waals surface area contributed by atoms with Gasteiger partial charge in [-0.15, -0.1) is 0 Å². The fourth-order valence-electron chi connectivity index (χ4n) is 1.92. The number of unbranched alkanes of at least 4 members (excludes halogenated alkanes) is 1. The van der Waals surface area contributed by atoms with Crippen molar-refractivity contribution in [2.75, 3.05) is 0 Å². The number of hydrogen-bond acceptors (Lipinski definition) is 4. The van der Waals surface area contributed by atoms with E-state index in [1.807, 2.05) is 6.92 Å². The molecule has 0 saturated carbocycles. The van der Waals surface area contributed by atoms with Gasteiger partial charge in [-0.25, -0.2) is 9.59 Å². The van der Waals surface area contributed by atoms with Crippen molar-refractivity contribution in [1.29, 1.82) is 0 Å². The summed E-state index contributed by atoms with van der Waals surface area (Å²) in [5, 5.41) is 0. The molecule has 0 aromatic carbocycles. The monoisotopic (exact) mass is 268 g/mol. The van der Waals surface area contributed by atoms with E-state index in [0.717, 1.165) is 25.0 Å². The van der Waals surface area contributed by atoms with Crippen molar-refractivity contribution in [3.8, 4) is 0 Å². The van der Waals surface area contributed by atoms with Crippen LogP contribution >= 0.6 is 0 Å². The predicted octanol–water partition coefficient (Wildman–Crippen LogP) is 3.17. The topological polar surface area (TPSA) is 52.6 Å². The Morgan fingerprint density at radius 2 is 1.79 bits per heavy atom. The highest BCUT2D eigenvalue weighted by Crippen LogP contribution is 2.30. The van der Waals surface area contributed by atoms with Gasteiger partial charge in [0.15, 0.2) is 0 Å². The van der Waals surface area contributed by atoms with E-state index in [9.17, 15) is 9.59 Å². The minimum Gasteiger partial charge on any atom is -0.455 e. The maximum Gasteiger partial charge on any atom is 0.330 e. The summed E-state index contributed by atoms with van der Waals surface area (Å²) in [6.45, 7) is 12.5. The smallest absolute Gasteiger partial charge is 0.330 e. The molecule has 0 spiro atoms. The Bertz CT molecular complexity index is 335. The molecule has 4 heteroatoms. The molecular formula is C15H24O4. The van der Waals surface area contributed by atoms with Gasteiger partial charge in [-0.05, 0) is 26.2 Å². The molecule has 2 unspecified atom stereocenters. The van der Waals surface area contributed by atoms with Gasteiger partial charge in [-0.1, -0.05) is 33.4 Å². The zero-order valence-electron chi connectivity index (χ0n) is 12.1. The molecule has 0 bridgehead atoms. The molecule has 4 nitrogen and oxygen atoms in total. The molecule has 0 radical (unpaired) electrons. The molecule has 0 rings (SSSR count). The number of esters is 2. The summed E-state index contributed by atoms with van der Waals surface area (Å²) in [7, 11) is 0. The molecule has 0 saturated heterocycles. The summed E-state index contributed by atoms with van der Waals surface area (Å²) in [6, 6.07) is 0. The number of ether oxygens (including phenoxy) is 2. The molecule has 0 amide bonds. The molecule has 0 fully saturated rings. The van der Waals surface area contributed by atoms with E-state index in [1.165, 1.54) is 0 Å². The third-order valence-corrected chi connectivity index (χ3v) is 3.22. The van der Waals surface area contributed by atoms with Gasteiger partial charge in [0.2, 0.25) is 0 Å². The van der Waals surface area contributed by atoms with Crippen LogP contribution < -0.4 is 0 Å². The van der Waals surface area contributed by atoms with Crippen LogP contribution in [0.2, 0.25) is 0 Å². The largest absolute Gasteiger partial charge is 0.455 e. The lowest BCUT2D eigenvalue weighted by molar-refractivity contribution is -0.180. The maximum absolute atomic E-state index is 11.5. The lowest BCUT2D eigenvalue weighted by Crippen LogP contribution is -2.46. The quantitative estimate of drug-likeness (QED) is 0.476. The Hall–Kier alpha value is -1.58. The van der Waals surface area contributed by atoms with Crippen LogP contribution in [0.5, 0.6) is 0 Å². The van der Waals surface area contributed by atoms with Gasteiger partial charge in [0.25, 0.3) is 0 Å². The first-order chi connectivity index (χ1) is 8.95. The van der Waals surface area contributed by atoms with Gasteiger partial charge in [0.1, 0.15) is 11.7 Å². The summed E-state index contributed by atoms with van der Waals surface area (Å²) in [6.07, 6.45) is 4.76.